The van der Waals surface area contributed by atoms with Gasteiger partial charge in [0.05, 0.1) is 6.67 Å². The van der Waals surface area contributed by atoms with Crippen molar-refractivity contribution < 1.29 is 0 Å². The quantitative estimate of drug-likeness (QED) is 0.629. The Morgan fingerprint density at radius 1 is 1.23 bits per heavy atom. The van der Waals surface area contributed by atoms with Crippen molar-refractivity contribution in [2.24, 2.45) is 0 Å². The molecule has 0 aliphatic carbocycles. The highest BCUT2D eigenvalue weighted by molar-refractivity contribution is 4.89. The van der Waals surface area contributed by atoms with Crippen LogP contribution in [0.5, 0.6) is 0 Å². The van der Waals surface area contributed by atoms with Crippen molar-refractivity contribution in [2.45, 2.75) is 13.3 Å². The summed E-state index contributed by atoms with van der Waals surface area (Å²) in [6.07, 6.45) is 5.61. The molecule has 0 aromatic carbocycles. The molecule has 0 unspecified atom stereocenters. The third kappa shape index (κ3) is 3.68. The Bertz CT molecular complexity index is 166. The van der Waals surface area contributed by atoms with Gasteiger partial charge >= 0.3 is 0 Å². The van der Waals surface area contributed by atoms with Crippen LogP contribution in [0.15, 0.2) is 12.4 Å². The second-order valence-electron chi connectivity index (χ2n) is 3.81. The molecule has 1 aliphatic rings. The molecule has 0 bridgehead atoms. The second-order valence-corrected chi connectivity index (χ2v) is 3.81. The van der Waals surface area contributed by atoms with Crippen LogP contribution in [0.4, 0.5) is 0 Å². The van der Waals surface area contributed by atoms with Gasteiger partial charge in [0.2, 0.25) is 0 Å². The first-order chi connectivity index (χ1) is 6.22. The summed E-state index contributed by atoms with van der Waals surface area (Å²) in [5.41, 5.74) is 0. The standard InChI is InChI=1S/C10H21N3/c1-4-12-8-9-13(10-12)7-5-6-11(2)3/h8-9H,4-7,10H2,1-3H3. The molecular formula is C10H21N3. The van der Waals surface area contributed by atoms with Gasteiger partial charge in [-0.15, -0.1) is 0 Å². The smallest absolute Gasteiger partial charge is 0.0893 e. The maximum Gasteiger partial charge on any atom is 0.0893 e. The summed E-state index contributed by atoms with van der Waals surface area (Å²) in [6, 6.07) is 0. The van der Waals surface area contributed by atoms with Crippen LogP contribution in [0.3, 0.4) is 0 Å². The molecule has 1 rings (SSSR count). The molecule has 13 heavy (non-hydrogen) atoms. The summed E-state index contributed by atoms with van der Waals surface area (Å²) in [5.74, 6) is 0. The molecule has 0 amide bonds. The summed E-state index contributed by atoms with van der Waals surface area (Å²) < 4.78 is 0. The van der Waals surface area contributed by atoms with Crippen LogP contribution < -0.4 is 0 Å². The van der Waals surface area contributed by atoms with Crippen molar-refractivity contribution in [3.05, 3.63) is 12.4 Å². The average Bonchev–Trinajstić information content (AvgIpc) is 2.52. The highest BCUT2D eigenvalue weighted by atomic mass is 15.3. The van der Waals surface area contributed by atoms with Crippen LogP contribution in [0.2, 0.25) is 0 Å². The summed E-state index contributed by atoms with van der Waals surface area (Å²) in [7, 11) is 4.25. The Kier molecular flexibility index (Phi) is 4.09. The van der Waals surface area contributed by atoms with Gasteiger partial charge in [-0.2, -0.15) is 0 Å². The first-order valence-corrected chi connectivity index (χ1v) is 5.03. The lowest BCUT2D eigenvalue weighted by atomic mass is 10.4. The molecule has 3 nitrogen and oxygen atoms in total. The molecule has 0 radical (unpaired) electrons. The fourth-order valence-electron chi connectivity index (χ4n) is 1.46. The van der Waals surface area contributed by atoms with Crippen molar-refractivity contribution in [3.63, 3.8) is 0 Å². The molecular weight excluding hydrogens is 162 g/mol. The van der Waals surface area contributed by atoms with E-state index in [9.17, 15) is 0 Å². The summed E-state index contributed by atoms with van der Waals surface area (Å²) in [5, 5.41) is 0. The zero-order valence-corrected chi connectivity index (χ0v) is 9.03. The number of hydrogen-bond donors (Lipinski definition) is 0. The van der Waals surface area contributed by atoms with Gasteiger partial charge in [-0.3, -0.25) is 0 Å². The molecule has 3 heteroatoms. The maximum atomic E-state index is 2.37. The third-order valence-electron chi connectivity index (χ3n) is 2.31. The molecule has 0 spiro atoms. The monoisotopic (exact) mass is 183 g/mol. The minimum absolute atomic E-state index is 1.07. The lowest BCUT2D eigenvalue weighted by Gasteiger charge is -2.20. The molecule has 0 N–H and O–H groups in total. The van der Waals surface area contributed by atoms with E-state index in [1.54, 1.807) is 0 Å². The van der Waals surface area contributed by atoms with Gasteiger partial charge in [0.15, 0.2) is 0 Å². The summed E-state index contributed by atoms with van der Waals surface area (Å²) in [6.45, 7) is 6.72. The lowest BCUT2D eigenvalue weighted by molar-refractivity contribution is 0.260. The van der Waals surface area contributed by atoms with E-state index in [4.69, 9.17) is 0 Å². The highest BCUT2D eigenvalue weighted by Gasteiger charge is 2.09. The average molecular weight is 183 g/mol. The highest BCUT2D eigenvalue weighted by Crippen LogP contribution is 2.05. The van der Waals surface area contributed by atoms with Gasteiger partial charge in [-0.25, -0.2) is 0 Å². The van der Waals surface area contributed by atoms with Crippen LogP contribution in [0.1, 0.15) is 13.3 Å². The molecule has 1 aliphatic heterocycles. The van der Waals surface area contributed by atoms with Gasteiger partial charge in [-0.1, -0.05) is 0 Å². The number of rotatable bonds is 5. The minimum Gasteiger partial charge on any atom is -0.359 e. The SMILES string of the molecule is CCN1C=CN(CCCN(C)C)C1. The van der Waals surface area contributed by atoms with E-state index in [1.165, 1.54) is 19.5 Å². The first kappa shape index (κ1) is 10.4. The largest absolute Gasteiger partial charge is 0.359 e. The minimum atomic E-state index is 1.07. The molecule has 1 heterocycles. The van der Waals surface area contributed by atoms with Crippen LogP contribution in [-0.4, -0.2) is 55.1 Å². The zero-order chi connectivity index (χ0) is 9.68. The summed E-state index contributed by atoms with van der Waals surface area (Å²) in [4.78, 5) is 6.92. The molecule has 0 fully saturated rings. The lowest BCUT2D eigenvalue weighted by Crippen LogP contribution is -2.27. The molecule has 0 aromatic rings. The van der Waals surface area contributed by atoms with Gasteiger partial charge < -0.3 is 14.7 Å². The van der Waals surface area contributed by atoms with Crippen LogP contribution in [0.25, 0.3) is 0 Å². The fourth-order valence-corrected chi connectivity index (χ4v) is 1.46. The van der Waals surface area contributed by atoms with Gasteiger partial charge in [-0.05, 0) is 34.0 Å². The van der Waals surface area contributed by atoms with Crippen molar-refractivity contribution >= 4 is 0 Å². The van der Waals surface area contributed by atoms with Gasteiger partial charge in [0, 0.05) is 25.5 Å². The van der Waals surface area contributed by atoms with E-state index >= 15 is 0 Å². The predicted molar refractivity (Wildman–Crippen MR) is 56.3 cm³/mol. The van der Waals surface area contributed by atoms with E-state index in [0.717, 1.165) is 13.2 Å². The maximum absolute atomic E-state index is 2.37. The van der Waals surface area contributed by atoms with Crippen LogP contribution in [-0.2, 0) is 0 Å². The van der Waals surface area contributed by atoms with E-state index in [2.05, 4.69) is 48.1 Å². The Morgan fingerprint density at radius 2 is 1.92 bits per heavy atom. The van der Waals surface area contributed by atoms with Crippen molar-refractivity contribution in [1.29, 1.82) is 0 Å². The molecule has 0 saturated heterocycles. The molecule has 0 saturated carbocycles. The van der Waals surface area contributed by atoms with E-state index < -0.39 is 0 Å². The Morgan fingerprint density at radius 3 is 2.46 bits per heavy atom. The van der Waals surface area contributed by atoms with E-state index in [0.29, 0.717) is 0 Å². The molecule has 0 atom stereocenters. The van der Waals surface area contributed by atoms with E-state index in [-0.39, 0.29) is 0 Å². The summed E-state index contributed by atoms with van der Waals surface area (Å²) >= 11 is 0. The van der Waals surface area contributed by atoms with E-state index in [1.807, 2.05) is 0 Å². The van der Waals surface area contributed by atoms with Crippen molar-refractivity contribution in [2.75, 3.05) is 40.4 Å². The molecule has 76 valence electrons. The Hall–Kier alpha value is -0.700. The Balaban J connectivity index is 2.08. The topological polar surface area (TPSA) is 9.72 Å². The van der Waals surface area contributed by atoms with Crippen LogP contribution >= 0.6 is 0 Å². The van der Waals surface area contributed by atoms with Gasteiger partial charge in [0.25, 0.3) is 0 Å². The van der Waals surface area contributed by atoms with Crippen molar-refractivity contribution in [3.8, 4) is 0 Å². The second kappa shape index (κ2) is 5.12. The number of nitrogens with zero attached hydrogens (tertiary/aromatic N) is 3. The van der Waals surface area contributed by atoms with Crippen molar-refractivity contribution in [1.82, 2.24) is 14.7 Å². The first-order valence-electron chi connectivity index (χ1n) is 5.03. The third-order valence-corrected chi connectivity index (χ3v) is 2.31. The zero-order valence-electron chi connectivity index (χ0n) is 9.03. The predicted octanol–water partition coefficient (Wildman–Crippen LogP) is 1.00. The number of hydrogen-bond acceptors (Lipinski definition) is 3. The van der Waals surface area contributed by atoms with Gasteiger partial charge in [0.1, 0.15) is 0 Å². The fraction of sp³-hybridized carbons (Fsp3) is 0.800. The molecule has 0 aromatic heterocycles. The Labute approximate surface area is 81.6 Å². The normalized spacial score (nSPS) is 16.3. The van der Waals surface area contributed by atoms with Crippen LogP contribution in [0, 0.1) is 0 Å².